The molecule has 1 aromatic heterocycles. The van der Waals surface area contributed by atoms with Crippen LogP contribution in [0.5, 0.6) is 5.75 Å². The first-order valence-corrected chi connectivity index (χ1v) is 7.68. The van der Waals surface area contributed by atoms with Gasteiger partial charge in [0.25, 0.3) is 11.8 Å². The summed E-state index contributed by atoms with van der Waals surface area (Å²) in [5.74, 6) is -0.0226. The van der Waals surface area contributed by atoms with Gasteiger partial charge < -0.3 is 15.4 Å². The topological polar surface area (TPSA) is 67.4 Å². The molecule has 2 aromatic rings. The molecular weight excluding hydrogens is 356 g/mol. The third-order valence-corrected chi connectivity index (χ3v) is 4.61. The second-order valence-corrected chi connectivity index (χ2v) is 5.81. The third-order valence-electron chi connectivity index (χ3n) is 2.77. The van der Waals surface area contributed by atoms with E-state index in [1.165, 1.54) is 25.5 Å². The van der Waals surface area contributed by atoms with Crippen molar-refractivity contribution in [2.75, 3.05) is 19.5 Å². The summed E-state index contributed by atoms with van der Waals surface area (Å²) in [5, 5.41) is 7.10. The Balaban J connectivity index is 2.33. The maximum Gasteiger partial charge on any atom is 0.266 e. The summed E-state index contributed by atoms with van der Waals surface area (Å²) in [6.45, 7) is 0. The number of rotatable bonds is 4. The van der Waals surface area contributed by atoms with Gasteiger partial charge >= 0.3 is 0 Å². The van der Waals surface area contributed by atoms with E-state index in [0.717, 1.165) is 4.47 Å². The molecule has 0 aliphatic heterocycles. The van der Waals surface area contributed by atoms with Gasteiger partial charge in [0.05, 0.1) is 18.4 Å². The van der Waals surface area contributed by atoms with E-state index < -0.39 is 0 Å². The molecule has 0 saturated heterocycles. The number of ether oxygens (including phenoxy) is 1. The molecule has 7 heteroatoms. The van der Waals surface area contributed by atoms with Crippen LogP contribution in [0.25, 0.3) is 0 Å². The van der Waals surface area contributed by atoms with E-state index in [2.05, 4.69) is 26.6 Å². The van der Waals surface area contributed by atoms with Crippen LogP contribution in [0, 0.1) is 0 Å². The molecule has 0 aliphatic carbocycles. The number of nitrogens with one attached hydrogen (secondary N) is 2. The summed E-state index contributed by atoms with van der Waals surface area (Å²) in [7, 11) is 3.05. The Morgan fingerprint density at radius 3 is 2.57 bits per heavy atom. The van der Waals surface area contributed by atoms with E-state index in [9.17, 15) is 9.59 Å². The summed E-state index contributed by atoms with van der Waals surface area (Å²) in [6.07, 6.45) is 0. The van der Waals surface area contributed by atoms with E-state index in [-0.39, 0.29) is 11.8 Å². The maximum atomic E-state index is 12.2. The molecule has 0 unspecified atom stereocenters. The van der Waals surface area contributed by atoms with Crippen molar-refractivity contribution in [2.45, 2.75) is 0 Å². The van der Waals surface area contributed by atoms with Gasteiger partial charge in [-0.05, 0) is 45.6 Å². The van der Waals surface area contributed by atoms with Crippen molar-refractivity contribution < 1.29 is 14.3 Å². The van der Waals surface area contributed by atoms with Gasteiger partial charge in [-0.1, -0.05) is 0 Å². The standard InChI is InChI=1S/C14H13BrN2O3S/c1-16-13(18)9-7-8(20-2)3-4-11(9)17-14(19)12-10(15)5-6-21-12/h3-7H,1-2H3,(H,16,18)(H,17,19). The fraction of sp³-hybridized carbons (Fsp3) is 0.143. The molecule has 110 valence electrons. The number of benzene rings is 1. The van der Waals surface area contributed by atoms with Crippen molar-refractivity contribution in [1.82, 2.24) is 5.32 Å². The molecule has 0 spiro atoms. The molecule has 0 bridgehead atoms. The summed E-state index contributed by atoms with van der Waals surface area (Å²) in [6, 6.07) is 6.71. The van der Waals surface area contributed by atoms with Crippen molar-refractivity contribution in [3.8, 4) is 5.75 Å². The first-order chi connectivity index (χ1) is 10.1. The Bertz CT molecular complexity index is 685. The molecule has 2 N–H and O–H groups in total. The van der Waals surface area contributed by atoms with Gasteiger partial charge in [-0.15, -0.1) is 11.3 Å². The van der Waals surface area contributed by atoms with Gasteiger partial charge in [-0.25, -0.2) is 0 Å². The predicted molar refractivity (Wildman–Crippen MR) is 86.4 cm³/mol. The summed E-state index contributed by atoms with van der Waals surface area (Å²) < 4.78 is 5.82. The summed E-state index contributed by atoms with van der Waals surface area (Å²) in [4.78, 5) is 24.7. The van der Waals surface area contributed by atoms with Crippen LogP contribution in [0.3, 0.4) is 0 Å². The number of carbonyl (C=O) groups excluding carboxylic acids is 2. The first kappa shape index (κ1) is 15.5. The van der Waals surface area contributed by atoms with E-state index in [4.69, 9.17) is 4.74 Å². The second-order valence-electron chi connectivity index (χ2n) is 4.04. The molecule has 0 fully saturated rings. The molecule has 2 rings (SSSR count). The Kier molecular flexibility index (Phi) is 4.98. The zero-order chi connectivity index (χ0) is 15.4. The van der Waals surface area contributed by atoms with Crippen molar-refractivity contribution >= 4 is 44.8 Å². The molecule has 1 aromatic carbocycles. The van der Waals surface area contributed by atoms with Crippen molar-refractivity contribution in [2.24, 2.45) is 0 Å². The van der Waals surface area contributed by atoms with Gasteiger partial charge in [0.1, 0.15) is 10.6 Å². The highest BCUT2D eigenvalue weighted by Gasteiger charge is 2.17. The highest BCUT2D eigenvalue weighted by molar-refractivity contribution is 9.10. The fourth-order valence-electron chi connectivity index (χ4n) is 1.72. The summed E-state index contributed by atoms with van der Waals surface area (Å²) >= 11 is 4.63. The molecule has 1 heterocycles. The Hall–Kier alpha value is -1.86. The molecule has 21 heavy (non-hydrogen) atoms. The average Bonchev–Trinajstić information content (AvgIpc) is 2.93. The van der Waals surface area contributed by atoms with Crippen LogP contribution < -0.4 is 15.4 Å². The van der Waals surface area contributed by atoms with Crippen LogP contribution in [-0.2, 0) is 0 Å². The van der Waals surface area contributed by atoms with Crippen molar-refractivity contribution in [3.63, 3.8) is 0 Å². The molecule has 0 radical (unpaired) electrons. The van der Waals surface area contributed by atoms with Crippen LogP contribution in [0.1, 0.15) is 20.0 Å². The van der Waals surface area contributed by atoms with Crippen molar-refractivity contribution in [3.05, 3.63) is 44.6 Å². The lowest BCUT2D eigenvalue weighted by atomic mass is 10.1. The summed E-state index contributed by atoms with van der Waals surface area (Å²) in [5.41, 5.74) is 0.776. The minimum atomic E-state index is -0.297. The van der Waals surface area contributed by atoms with Crippen LogP contribution in [0.2, 0.25) is 0 Å². The maximum absolute atomic E-state index is 12.2. The number of carbonyl (C=O) groups is 2. The number of amides is 2. The number of thiophene rings is 1. The van der Waals surface area contributed by atoms with Gasteiger partial charge in [0, 0.05) is 11.5 Å². The quantitative estimate of drug-likeness (QED) is 0.870. The number of anilines is 1. The van der Waals surface area contributed by atoms with E-state index >= 15 is 0 Å². The lowest BCUT2D eigenvalue weighted by molar-refractivity contribution is 0.0963. The number of halogens is 1. The first-order valence-electron chi connectivity index (χ1n) is 6.01. The SMILES string of the molecule is CNC(=O)c1cc(OC)ccc1NC(=O)c1sccc1Br. The lowest BCUT2D eigenvalue weighted by Crippen LogP contribution is -2.21. The van der Waals surface area contributed by atoms with Crippen LogP contribution in [0.4, 0.5) is 5.69 Å². The van der Waals surface area contributed by atoms with Crippen molar-refractivity contribution in [1.29, 1.82) is 0 Å². The zero-order valence-electron chi connectivity index (χ0n) is 11.4. The Morgan fingerprint density at radius 2 is 2.00 bits per heavy atom. The smallest absolute Gasteiger partial charge is 0.266 e. The van der Waals surface area contributed by atoms with Gasteiger partial charge in [-0.3, -0.25) is 9.59 Å². The van der Waals surface area contributed by atoms with Gasteiger partial charge in [0.2, 0.25) is 0 Å². The monoisotopic (exact) mass is 368 g/mol. The number of methoxy groups -OCH3 is 1. The van der Waals surface area contributed by atoms with E-state index in [0.29, 0.717) is 21.9 Å². The van der Waals surface area contributed by atoms with E-state index in [1.54, 1.807) is 24.3 Å². The minimum Gasteiger partial charge on any atom is -0.497 e. The lowest BCUT2D eigenvalue weighted by Gasteiger charge is -2.11. The molecule has 0 saturated carbocycles. The number of hydrogen-bond acceptors (Lipinski definition) is 4. The molecule has 0 atom stereocenters. The Labute approximate surface area is 134 Å². The molecule has 2 amide bonds. The predicted octanol–water partition coefficient (Wildman–Crippen LogP) is 3.13. The van der Waals surface area contributed by atoms with Gasteiger partial charge in [0.15, 0.2) is 0 Å². The largest absolute Gasteiger partial charge is 0.497 e. The average molecular weight is 369 g/mol. The highest BCUT2D eigenvalue weighted by Crippen LogP contribution is 2.26. The number of hydrogen-bond donors (Lipinski definition) is 2. The molecule has 0 aliphatic rings. The second kappa shape index (κ2) is 6.73. The molecular formula is C14H13BrN2O3S. The van der Waals surface area contributed by atoms with E-state index in [1.807, 2.05) is 5.38 Å². The third kappa shape index (κ3) is 3.43. The fourth-order valence-corrected chi connectivity index (χ4v) is 3.16. The highest BCUT2D eigenvalue weighted by atomic mass is 79.9. The zero-order valence-corrected chi connectivity index (χ0v) is 13.8. The minimum absolute atomic E-state index is 0.271. The normalized spacial score (nSPS) is 10.0. The Morgan fingerprint density at radius 1 is 1.24 bits per heavy atom. The van der Waals surface area contributed by atoms with Crippen LogP contribution in [-0.4, -0.2) is 26.0 Å². The van der Waals surface area contributed by atoms with Crippen LogP contribution >= 0.6 is 27.3 Å². The molecule has 5 nitrogen and oxygen atoms in total. The van der Waals surface area contributed by atoms with Crippen LogP contribution in [0.15, 0.2) is 34.1 Å². The van der Waals surface area contributed by atoms with Gasteiger partial charge in [-0.2, -0.15) is 0 Å².